The lowest BCUT2D eigenvalue weighted by Crippen LogP contribution is -2.41. The van der Waals surface area contributed by atoms with E-state index in [9.17, 15) is 4.79 Å². The third-order valence-corrected chi connectivity index (χ3v) is 4.56. The molecule has 1 rings (SSSR count). The summed E-state index contributed by atoms with van der Waals surface area (Å²) in [5.74, 6) is 0.544. The zero-order valence-corrected chi connectivity index (χ0v) is 12.2. The van der Waals surface area contributed by atoms with Gasteiger partial charge in [-0.1, -0.05) is 19.6 Å². The molecule has 0 saturated carbocycles. The lowest BCUT2D eigenvalue weighted by atomic mass is 10.2. The summed E-state index contributed by atoms with van der Waals surface area (Å²) in [7, 11) is 0.0341. The maximum absolute atomic E-state index is 11.9. The topological polar surface area (TPSA) is 35.5 Å². The van der Waals surface area contributed by atoms with Gasteiger partial charge in [-0.2, -0.15) is 0 Å². The summed E-state index contributed by atoms with van der Waals surface area (Å²) < 4.78 is 10.3. The molecule has 0 atom stereocenters. The van der Waals surface area contributed by atoms with Crippen LogP contribution in [0.2, 0.25) is 19.6 Å². The van der Waals surface area contributed by atoms with Crippen LogP contribution in [0.3, 0.4) is 0 Å². The third kappa shape index (κ3) is 3.33. The van der Waals surface area contributed by atoms with Crippen LogP contribution in [0.15, 0.2) is 18.2 Å². The molecular formula is C13H20O3Si. The van der Waals surface area contributed by atoms with Crippen molar-refractivity contribution in [3.63, 3.8) is 0 Å². The molecule has 17 heavy (non-hydrogen) atoms. The van der Waals surface area contributed by atoms with E-state index in [0.717, 1.165) is 10.9 Å². The molecule has 0 aromatic heterocycles. The molecule has 0 N–H and O–H groups in total. The Bertz CT molecular complexity index is 408. The van der Waals surface area contributed by atoms with Crippen molar-refractivity contribution >= 4 is 19.2 Å². The van der Waals surface area contributed by atoms with Gasteiger partial charge in [0.2, 0.25) is 0 Å². The van der Waals surface area contributed by atoms with Gasteiger partial charge in [-0.15, -0.1) is 0 Å². The first-order chi connectivity index (χ1) is 7.90. The maximum Gasteiger partial charge on any atom is 0.337 e. The second-order valence-corrected chi connectivity index (χ2v) is 9.92. The van der Waals surface area contributed by atoms with Crippen molar-refractivity contribution in [3.05, 3.63) is 23.8 Å². The quantitative estimate of drug-likeness (QED) is 0.610. The van der Waals surface area contributed by atoms with E-state index < -0.39 is 8.07 Å². The average molecular weight is 252 g/mol. The van der Waals surface area contributed by atoms with Gasteiger partial charge in [-0.3, -0.25) is 0 Å². The Morgan fingerprint density at radius 2 is 1.94 bits per heavy atom. The van der Waals surface area contributed by atoms with Gasteiger partial charge in [-0.05, 0) is 30.3 Å². The average Bonchev–Trinajstić information content (AvgIpc) is 2.27. The summed E-state index contributed by atoms with van der Waals surface area (Å²) in [6.07, 6.45) is 0. The molecule has 0 spiro atoms. The second-order valence-electron chi connectivity index (χ2n) is 4.88. The van der Waals surface area contributed by atoms with Crippen molar-refractivity contribution in [2.75, 3.05) is 13.7 Å². The van der Waals surface area contributed by atoms with E-state index >= 15 is 0 Å². The van der Waals surface area contributed by atoms with Gasteiger partial charge in [0.15, 0.2) is 0 Å². The fourth-order valence-electron chi connectivity index (χ4n) is 1.66. The molecule has 1 aromatic carbocycles. The van der Waals surface area contributed by atoms with Crippen LogP contribution in [0.5, 0.6) is 5.75 Å². The first-order valence-electron chi connectivity index (χ1n) is 5.75. The van der Waals surface area contributed by atoms with E-state index in [2.05, 4.69) is 19.6 Å². The lowest BCUT2D eigenvalue weighted by molar-refractivity contribution is 0.0528. The molecule has 0 aliphatic rings. The Kier molecular flexibility index (Phi) is 4.34. The minimum Gasteiger partial charge on any atom is -0.497 e. The molecule has 1 aromatic rings. The molecule has 4 heteroatoms. The fourth-order valence-corrected chi connectivity index (χ4v) is 3.23. The van der Waals surface area contributed by atoms with E-state index in [1.165, 1.54) is 0 Å². The first kappa shape index (κ1) is 13.8. The molecule has 0 heterocycles. The summed E-state index contributed by atoms with van der Waals surface area (Å²) in [6, 6.07) is 5.55. The molecular weight excluding hydrogens is 232 g/mol. The van der Waals surface area contributed by atoms with Crippen molar-refractivity contribution in [1.82, 2.24) is 0 Å². The largest absolute Gasteiger partial charge is 0.497 e. The summed E-state index contributed by atoms with van der Waals surface area (Å²) in [6.45, 7) is 8.81. The van der Waals surface area contributed by atoms with Gasteiger partial charge in [0.1, 0.15) is 5.75 Å². The summed E-state index contributed by atoms with van der Waals surface area (Å²) in [4.78, 5) is 11.9. The highest BCUT2D eigenvalue weighted by Crippen LogP contribution is 2.15. The minimum absolute atomic E-state index is 0.243. The first-order valence-corrected chi connectivity index (χ1v) is 9.25. The maximum atomic E-state index is 11.9. The molecule has 0 saturated heterocycles. The summed E-state index contributed by atoms with van der Waals surface area (Å²) in [5, 5.41) is 1.08. The van der Waals surface area contributed by atoms with Gasteiger partial charge in [0.05, 0.1) is 27.4 Å². The zero-order chi connectivity index (χ0) is 13.1. The smallest absolute Gasteiger partial charge is 0.337 e. The van der Waals surface area contributed by atoms with Crippen LogP contribution in [0, 0.1) is 0 Å². The van der Waals surface area contributed by atoms with E-state index in [1.54, 1.807) is 19.2 Å². The third-order valence-electron chi connectivity index (χ3n) is 2.53. The van der Waals surface area contributed by atoms with Crippen LogP contribution in [0.1, 0.15) is 17.3 Å². The molecule has 0 aliphatic heterocycles. The van der Waals surface area contributed by atoms with Crippen LogP contribution >= 0.6 is 0 Å². The van der Waals surface area contributed by atoms with Crippen molar-refractivity contribution in [2.24, 2.45) is 0 Å². The Morgan fingerprint density at radius 3 is 2.41 bits per heavy atom. The standard InChI is InChI=1S/C13H20O3Si/c1-6-16-13(14)11-8-7-10(15-2)9-12(11)17(3,4)5/h7-9H,6H2,1-5H3. The number of carbonyl (C=O) groups excluding carboxylic acids is 1. The van der Waals surface area contributed by atoms with Crippen molar-refractivity contribution in [1.29, 1.82) is 0 Å². The number of ether oxygens (including phenoxy) is 2. The monoisotopic (exact) mass is 252 g/mol. The molecule has 94 valence electrons. The number of hydrogen-bond donors (Lipinski definition) is 0. The van der Waals surface area contributed by atoms with Gasteiger partial charge >= 0.3 is 5.97 Å². The number of carbonyl (C=O) groups is 1. The SMILES string of the molecule is CCOC(=O)c1ccc(OC)cc1[Si](C)(C)C. The Balaban J connectivity index is 3.25. The van der Waals surface area contributed by atoms with Gasteiger partial charge < -0.3 is 9.47 Å². The normalized spacial score (nSPS) is 11.1. The number of benzene rings is 1. The Hall–Kier alpha value is -1.29. The highest BCUT2D eigenvalue weighted by molar-refractivity contribution is 6.89. The van der Waals surface area contributed by atoms with Crippen LogP contribution in [-0.4, -0.2) is 27.8 Å². The van der Waals surface area contributed by atoms with Gasteiger partial charge in [-0.25, -0.2) is 4.79 Å². The van der Waals surface area contributed by atoms with Crippen LogP contribution < -0.4 is 9.92 Å². The molecule has 0 unspecified atom stereocenters. The molecule has 0 bridgehead atoms. The molecule has 0 amide bonds. The molecule has 0 aliphatic carbocycles. The number of hydrogen-bond acceptors (Lipinski definition) is 3. The van der Waals surface area contributed by atoms with E-state index in [-0.39, 0.29) is 5.97 Å². The summed E-state index contributed by atoms with van der Waals surface area (Å²) >= 11 is 0. The van der Waals surface area contributed by atoms with Crippen molar-refractivity contribution in [3.8, 4) is 5.75 Å². The molecule has 3 nitrogen and oxygen atoms in total. The van der Waals surface area contributed by atoms with Crippen LogP contribution in [0.25, 0.3) is 0 Å². The van der Waals surface area contributed by atoms with Gasteiger partial charge in [0.25, 0.3) is 0 Å². The predicted molar refractivity (Wildman–Crippen MR) is 71.9 cm³/mol. The highest BCUT2D eigenvalue weighted by atomic mass is 28.3. The van der Waals surface area contributed by atoms with Crippen LogP contribution in [0.4, 0.5) is 0 Å². The minimum atomic E-state index is -1.60. The van der Waals surface area contributed by atoms with Crippen LogP contribution in [-0.2, 0) is 4.74 Å². The van der Waals surface area contributed by atoms with E-state index in [0.29, 0.717) is 12.2 Å². The second kappa shape index (κ2) is 5.36. The predicted octanol–water partition coefficient (Wildman–Crippen LogP) is 2.42. The number of methoxy groups -OCH3 is 1. The lowest BCUT2D eigenvalue weighted by Gasteiger charge is -2.20. The summed E-state index contributed by atoms with van der Waals surface area (Å²) in [5.41, 5.74) is 0.673. The van der Waals surface area contributed by atoms with Crippen molar-refractivity contribution in [2.45, 2.75) is 26.6 Å². The molecule has 0 fully saturated rings. The fraction of sp³-hybridized carbons (Fsp3) is 0.462. The highest BCUT2D eigenvalue weighted by Gasteiger charge is 2.24. The number of esters is 1. The Morgan fingerprint density at radius 1 is 1.29 bits per heavy atom. The van der Waals surface area contributed by atoms with Crippen molar-refractivity contribution < 1.29 is 14.3 Å². The molecule has 0 radical (unpaired) electrons. The Labute approximate surface area is 104 Å². The van der Waals surface area contributed by atoms with E-state index in [1.807, 2.05) is 13.0 Å². The zero-order valence-electron chi connectivity index (χ0n) is 11.2. The van der Waals surface area contributed by atoms with Gasteiger partial charge in [0, 0.05) is 0 Å². The van der Waals surface area contributed by atoms with E-state index in [4.69, 9.17) is 9.47 Å². The number of rotatable bonds is 4.